The van der Waals surface area contributed by atoms with Gasteiger partial charge in [-0.25, -0.2) is 4.79 Å². The number of carboxylic acids is 1. The van der Waals surface area contributed by atoms with Crippen LogP contribution in [0.5, 0.6) is 0 Å². The van der Waals surface area contributed by atoms with Crippen LogP contribution in [-0.4, -0.2) is 44.8 Å². The number of hydrogen-bond donors (Lipinski definition) is 1. The Bertz CT molecular complexity index is 867. The number of amides is 1. The second kappa shape index (κ2) is 7.72. The summed E-state index contributed by atoms with van der Waals surface area (Å²) >= 11 is 6.33. The highest BCUT2D eigenvalue weighted by Crippen LogP contribution is 2.28. The lowest BCUT2D eigenvalue weighted by Gasteiger charge is -2.32. The van der Waals surface area contributed by atoms with Crippen LogP contribution in [0.25, 0.3) is 0 Å². The van der Waals surface area contributed by atoms with Crippen molar-refractivity contribution in [2.45, 2.75) is 45.6 Å². The van der Waals surface area contributed by atoms with E-state index >= 15 is 0 Å². The maximum absolute atomic E-state index is 12.8. The fraction of sp³-hybridized carbons (Fsp3) is 0.450. The molecule has 1 fully saturated rings. The zero-order chi connectivity index (χ0) is 19.7. The normalized spacial score (nSPS) is 15.4. The van der Waals surface area contributed by atoms with Crippen LogP contribution < -0.4 is 0 Å². The van der Waals surface area contributed by atoms with Gasteiger partial charge in [-0.15, -0.1) is 0 Å². The number of carbonyl (C=O) groups excluding carboxylic acids is 1. The lowest BCUT2D eigenvalue weighted by atomic mass is 10.00. The van der Waals surface area contributed by atoms with Crippen LogP contribution >= 0.6 is 11.6 Å². The molecule has 1 N–H and O–H groups in total. The number of piperidine rings is 1. The van der Waals surface area contributed by atoms with Gasteiger partial charge in [0.2, 0.25) is 0 Å². The number of hydrogen-bond acceptors (Lipinski definition) is 3. The van der Waals surface area contributed by atoms with Crippen molar-refractivity contribution in [2.24, 2.45) is 0 Å². The van der Waals surface area contributed by atoms with E-state index in [-0.39, 0.29) is 17.5 Å². The quantitative estimate of drug-likeness (QED) is 0.852. The van der Waals surface area contributed by atoms with Crippen LogP contribution in [0.15, 0.2) is 24.4 Å². The summed E-state index contributed by atoms with van der Waals surface area (Å²) in [5, 5.41) is 14.0. The number of likely N-dealkylation sites (tertiary alicyclic amines) is 1. The Hall–Kier alpha value is -2.34. The molecule has 2 heterocycles. The summed E-state index contributed by atoms with van der Waals surface area (Å²) in [6.07, 6.45) is 2.88. The first-order valence-corrected chi connectivity index (χ1v) is 9.53. The molecule has 144 valence electrons. The first-order valence-electron chi connectivity index (χ1n) is 9.15. The molecular formula is C20H24ClN3O3. The lowest BCUT2D eigenvalue weighted by Crippen LogP contribution is -2.39. The second-order valence-corrected chi connectivity index (χ2v) is 7.71. The van der Waals surface area contributed by atoms with Gasteiger partial charge in [-0.05, 0) is 43.4 Å². The number of aromatic nitrogens is 2. The van der Waals surface area contributed by atoms with Crippen molar-refractivity contribution < 1.29 is 14.7 Å². The van der Waals surface area contributed by atoms with Gasteiger partial charge in [-0.2, -0.15) is 5.10 Å². The molecule has 0 aliphatic carbocycles. The van der Waals surface area contributed by atoms with Crippen molar-refractivity contribution in [3.05, 3.63) is 51.8 Å². The summed E-state index contributed by atoms with van der Waals surface area (Å²) in [7, 11) is 0. The Kier molecular flexibility index (Phi) is 5.56. The molecule has 2 aromatic rings. The van der Waals surface area contributed by atoms with E-state index in [1.807, 2.05) is 17.0 Å². The standard InChI is InChI=1S/C20H24ClN3O3/c1-12(2)16-5-4-14(10-18(16)21)19(25)23-8-6-15(7-9-23)24-13(3)17(11-22-24)20(26)27/h4-5,10-12,15H,6-9H2,1-3H3,(H,26,27). The van der Waals surface area contributed by atoms with Crippen LogP contribution in [0.3, 0.4) is 0 Å². The van der Waals surface area contributed by atoms with Gasteiger partial charge in [0.1, 0.15) is 5.56 Å². The average Bonchev–Trinajstić information content (AvgIpc) is 3.02. The number of nitrogens with zero attached hydrogens (tertiary/aromatic N) is 3. The minimum absolute atomic E-state index is 0.0194. The van der Waals surface area contributed by atoms with E-state index < -0.39 is 5.97 Å². The molecule has 1 aromatic heterocycles. The monoisotopic (exact) mass is 389 g/mol. The summed E-state index contributed by atoms with van der Waals surface area (Å²) in [4.78, 5) is 25.8. The van der Waals surface area contributed by atoms with E-state index in [4.69, 9.17) is 11.6 Å². The van der Waals surface area contributed by atoms with Crippen molar-refractivity contribution >= 4 is 23.5 Å². The zero-order valence-corrected chi connectivity index (χ0v) is 16.5. The fourth-order valence-electron chi connectivity index (χ4n) is 3.63. The summed E-state index contributed by atoms with van der Waals surface area (Å²) in [5.41, 5.74) is 2.53. The van der Waals surface area contributed by atoms with E-state index in [1.54, 1.807) is 17.7 Å². The average molecular weight is 390 g/mol. The van der Waals surface area contributed by atoms with Crippen LogP contribution in [0, 0.1) is 6.92 Å². The van der Waals surface area contributed by atoms with Gasteiger partial charge in [-0.1, -0.05) is 31.5 Å². The Morgan fingerprint density at radius 1 is 1.26 bits per heavy atom. The summed E-state index contributed by atoms with van der Waals surface area (Å²) in [6, 6.07) is 5.62. The molecule has 7 heteroatoms. The largest absolute Gasteiger partial charge is 0.478 e. The second-order valence-electron chi connectivity index (χ2n) is 7.31. The maximum Gasteiger partial charge on any atom is 0.339 e. The molecule has 1 saturated heterocycles. The molecule has 1 aliphatic heterocycles. The number of carbonyl (C=O) groups is 2. The van der Waals surface area contributed by atoms with Crippen molar-refractivity contribution in [3.8, 4) is 0 Å². The lowest BCUT2D eigenvalue weighted by molar-refractivity contribution is 0.0688. The fourth-order valence-corrected chi connectivity index (χ4v) is 4.02. The maximum atomic E-state index is 12.8. The smallest absolute Gasteiger partial charge is 0.339 e. The molecule has 0 spiro atoms. The van der Waals surface area contributed by atoms with Gasteiger partial charge in [0.15, 0.2) is 0 Å². The Balaban J connectivity index is 1.68. The highest BCUT2D eigenvalue weighted by molar-refractivity contribution is 6.31. The molecule has 3 rings (SSSR count). The molecule has 27 heavy (non-hydrogen) atoms. The van der Waals surface area contributed by atoms with Crippen LogP contribution in [0.1, 0.15) is 70.6 Å². The van der Waals surface area contributed by atoms with Crippen LogP contribution in [0.2, 0.25) is 5.02 Å². The molecule has 6 nitrogen and oxygen atoms in total. The van der Waals surface area contributed by atoms with E-state index in [0.717, 1.165) is 18.4 Å². The molecular weight excluding hydrogens is 366 g/mol. The summed E-state index contributed by atoms with van der Waals surface area (Å²) in [6.45, 7) is 7.12. The van der Waals surface area contributed by atoms with E-state index in [2.05, 4.69) is 18.9 Å². The van der Waals surface area contributed by atoms with Crippen molar-refractivity contribution in [1.29, 1.82) is 0 Å². The van der Waals surface area contributed by atoms with E-state index in [1.165, 1.54) is 6.20 Å². The molecule has 0 atom stereocenters. The van der Waals surface area contributed by atoms with Crippen molar-refractivity contribution in [2.75, 3.05) is 13.1 Å². The van der Waals surface area contributed by atoms with Crippen molar-refractivity contribution in [3.63, 3.8) is 0 Å². The molecule has 0 radical (unpaired) electrons. The van der Waals surface area contributed by atoms with Gasteiger partial charge in [0.05, 0.1) is 17.9 Å². The summed E-state index contributed by atoms with van der Waals surface area (Å²) in [5.74, 6) is -0.674. The van der Waals surface area contributed by atoms with Crippen LogP contribution in [0.4, 0.5) is 0 Å². The number of aromatic carboxylic acids is 1. The topological polar surface area (TPSA) is 75.4 Å². The third-order valence-electron chi connectivity index (χ3n) is 5.24. The van der Waals surface area contributed by atoms with Gasteiger partial charge in [-0.3, -0.25) is 9.48 Å². The molecule has 0 saturated carbocycles. The Morgan fingerprint density at radius 2 is 1.93 bits per heavy atom. The number of benzene rings is 1. The molecule has 1 aliphatic rings. The minimum Gasteiger partial charge on any atom is -0.478 e. The number of rotatable bonds is 4. The highest BCUT2D eigenvalue weighted by atomic mass is 35.5. The first kappa shape index (κ1) is 19.4. The van der Waals surface area contributed by atoms with Crippen molar-refractivity contribution in [1.82, 2.24) is 14.7 Å². The zero-order valence-electron chi connectivity index (χ0n) is 15.8. The SMILES string of the molecule is Cc1c(C(=O)O)cnn1C1CCN(C(=O)c2ccc(C(C)C)c(Cl)c2)CC1. The Labute approximate surface area is 163 Å². The predicted octanol–water partition coefficient (Wildman–Crippen LogP) is 4.14. The van der Waals surface area contributed by atoms with Gasteiger partial charge in [0.25, 0.3) is 5.91 Å². The molecule has 1 amide bonds. The predicted molar refractivity (Wildman–Crippen MR) is 104 cm³/mol. The molecule has 0 unspecified atom stereocenters. The third kappa shape index (κ3) is 3.86. The highest BCUT2D eigenvalue weighted by Gasteiger charge is 2.27. The van der Waals surface area contributed by atoms with Gasteiger partial charge in [0, 0.05) is 23.7 Å². The third-order valence-corrected chi connectivity index (χ3v) is 5.57. The number of carboxylic acid groups (broad SMARTS) is 1. The van der Waals surface area contributed by atoms with E-state index in [9.17, 15) is 14.7 Å². The van der Waals surface area contributed by atoms with Gasteiger partial charge < -0.3 is 10.0 Å². The first-order chi connectivity index (χ1) is 12.8. The van der Waals surface area contributed by atoms with Crippen LogP contribution in [-0.2, 0) is 0 Å². The molecule has 1 aromatic carbocycles. The number of halogens is 1. The van der Waals surface area contributed by atoms with Gasteiger partial charge >= 0.3 is 5.97 Å². The van der Waals surface area contributed by atoms with E-state index in [0.29, 0.717) is 35.3 Å². The minimum atomic E-state index is -0.965. The molecule has 0 bridgehead atoms. The Morgan fingerprint density at radius 3 is 2.44 bits per heavy atom. The summed E-state index contributed by atoms with van der Waals surface area (Å²) < 4.78 is 1.78.